The molecule has 0 spiro atoms. The van der Waals surface area contributed by atoms with Gasteiger partial charge in [0, 0.05) is 42.5 Å². The molecule has 3 N–H and O–H groups in total. The minimum Gasteiger partial charge on any atom is -0.365 e. The van der Waals surface area contributed by atoms with Gasteiger partial charge in [-0.2, -0.15) is 0 Å². The molecule has 3 amide bonds. The predicted molar refractivity (Wildman–Crippen MR) is 122 cm³/mol. The fraction of sp³-hybridized carbons (Fsp3) is 0.292. The minimum atomic E-state index is -0.598. The number of nitrogens with two attached hydrogens (primary N) is 1. The number of amides is 3. The number of nitrogens with one attached hydrogen (secondary N) is 1. The molecule has 3 heterocycles. The van der Waals surface area contributed by atoms with E-state index in [1.165, 1.54) is 5.56 Å². The summed E-state index contributed by atoms with van der Waals surface area (Å²) in [5, 5.41) is 3.44. The lowest BCUT2D eigenvalue weighted by Crippen LogP contribution is -2.45. The molecule has 1 saturated carbocycles. The molecular formula is C24H24ClN5O2. The molecular weight excluding hydrogens is 426 g/mol. The van der Waals surface area contributed by atoms with E-state index in [-0.39, 0.29) is 24.2 Å². The Kier molecular flexibility index (Phi) is 5.13. The van der Waals surface area contributed by atoms with Crippen LogP contribution in [0.2, 0.25) is 5.02 Å². The van der Waals surface area contributed by atoms with E-state index >= 15 is 0 Å². The van der Waals surface area contributed by atoms with Crippen LogP contribution in [-0.2, 0) is 13.1 Å². The van der Waals surface area contributed by atoms with Gasteiger partial charge in [0.05, 0.1) is 28.5 Å². The summed E-state index contributed by atoms with van der Waals surface area (Å²) in [5.41, 5.74) is 10.3. The number of rotatable bonds is 4. The number of halogens is 1. The first-order chi connectivity index (χ1) is 15.4. The molecule has 0 radical (unpaired) electrons. The largest absolute Gasteiger partial charge is 0.365 e. The van der Waals surface area contributed by atoms with Crippen molar-refractivity contribution >= 4 is 23.5 Å². The third-order valence-corrected chi connectivity index (χ3v) is 6.66. The number of hydrogen-bond acceptors (Lipinski definition) is 3. The van der Waals surface area contributed by atoms with Crippen LogP contribution in [0.1, 0.15) is 39.6 Å². The highest BCUT2D eigenvalue weighted by Crippen LogP contribution is 2.41. The monoisotopic (exact) mass is 449 g/mol. The number of primary amides is 1. The Hall–Kier alpha value is -3.32. The molecule has 5 rings (SSSR count). The number of urea groups is 1. The number of hydrogen-bond donors (Lipinski definition) is 2. The zero-order valence-electron chi connectivity index (χ0n) is 17.7. The molecule has 8 heteroatoms. The van der Waals surface area contributed by atoms with Crippen molar-refractivity contribution in [2.75, 3.05) is 6.54 Å². The van der Waals surface area contributed by atoms with E-state index in [0.29, 0.717) is 35.4 Å². The van der Waals surface area contributed by atoms with Crippen LogP contribution >= 0.6 is 11.6 Å². The fourth-order valence-corrected chi connectivity index (χ4v) is 4.93. The highest BCUT2D eigenvalue weighted by molar-refractivity contribution is 6.36. The van der Waals surface area contributed by atoms with Crippen molar-refractivity contribution < 1.29 is 9.59 Å². The molecule has 1 fully saturated rings. The zero-order valence-corrected chi connectivity index (χ0v) is 18.5. The third-order valence-electron chi connectivity index (χ3n) is 6.29. The second-order valence-electron chi connectivity index (χ2n) is 8.42. The van der Waals surface area contributed by atoms with Crippen molar-refractivity contribution in [2.24, 2.45) is 5.73 Å². The Morgan fingerprint density at radius 2 is 1.94 bits per heavy atom. The lowest BCUT2D eigenvalue weighted by molar-refractivity contribution is 0.0997. The average Bonchev–Trinajstić information content (AvgIpc) is 3.48. The number of carbonyl (C=O) groups excluding carboxylic acids is 2. The van der Waals surface area contributed by atoms with Crippen LogP contribution in [0.15, 0.2) is 48.7 Å². The Bertz CT molecular complexity index is 1190. The number of nitrogens with zero attached hydrogens (tertiary/aromatic N) is 3. The molecule has 7 nitrogen and oxygen atoms in total. The lowest BCUT2D eigenvalue weighted by atomic mass is 10.1. The van der Waals surface area contributed by atoms with Crippen LogP contribution in [-0.4, -0.2) is 39.0 Å². The van der Waals surface area contributed by atoms with E-state index in [2.05, 4.69) is 22.4 Å². The maximum absolute atomic E-state index is 13.0. The summed E-state index contributed by atoms with van der Waals surface area (Å²) >= 11 is 6.63. The Labute approximate surface area is 191 Å². The summed E-state index contributed by atoms with van der Waals surface area (Å²) in [7, 11) is 0. The summed E-state index contributed by atoms with van der Waals surface area (Å²) in [6, 6.07) is 14.0. The second kappa shape index (κ2) is 7.98. The standard InChI is InChI=1S/C24H24ClN5O2/c1-14-7-8-16(12-27-14)22-21(25)20(23(26)31)19-13-29(9-10-30(19)22)24(32)28-18-11-17(18)15-5-3-2-4-6-15/h2-8,12,17-18H,9-11,13H2,1H3,(H2,26,31)(H,28,32). The topological polar surface area (TPSA) is 93.3 Å². The number of carbonyl (C=O) groups is 2. The van der Waals surface area contributed by atoms with Crippen molar-refractivity contribution in [3.8, 4) is 11.3 Å². The Morgan fingerprint density at radius 1 is 1.16 bits per heavy atom. The van der Waals surface area contributed by atoms with Crippen molar-refractivity contribution in [1.29, 1.82) is 0 Å². The second-order valence-corrected chi connectivity index (χ2v) is 8.80. The minimum absolute atomic E-state index is 0.131. The Balaban J connectivity index is 1.37. The number of fused-ring (bicyclic) bond motifs is 1. The normalized spacial score (nSPS) is 19.4. The molecule has 2 aliphatic rings. The van der Waals surface area contributed by atoms with Crippen LogP contribution in [0, 0.1) is 6.92 Å². The third kappa shape index (κ3) is 3.62. The average molecular weight is 450 g/mol. The van der Waals surface area contributed by atoms with Gasteiger partial charge in [0.25, 0.3) is 5.91 Å². The van der Waals surface area contributed by atoms with E-state index in [0.717, 1.165) is 17.7 Å². The van der Waals surface area contributed by atoms with E-state index in [4.69, 9.17) is 17.3 Å². The molecule has 1 aliphatic carbocycles. The van der Waals surface area contributed by atoms with Crippen LogP contribution in [0.25, 0.3) is 11.3 Å². The molecule has 2 atom stereocenters. The van der Waals surface area contributed by atoms with Crippen molar-refractivity contribution in [3.63, 3.8) is 0 Å². The number of pyridine rings is 1. The van der Waals surface area contributed by atoms with Gasteiger partial charge in [-0.1, -0.05) is 41.9 Å². The molecule has 1 aliphatic heterocycles. The van der Waals surface area contributed by atoms with Gasteiger partial charge in [-0.15, -0.1) is 0 Å². The lowest BCUT2D eigenvalue weighted by Gasteiger charge is -2.30. The van der Waals surface area contributed by atoms with Gasteiger partial charge < -0.3 is 20.5 Å². The van der Waals surface area contributed by atoms with Crippen LogP contribution < -0.4 is 11.1 Å². The zero-order chi connectivity index (χ0) is 22.4. The molecule has 2 unspecified atom stereocenters. The maximum atomic E-state index is 13.0. The van der Waals surface area contributed by atoms with Gasteiger partial charge in [0.2, 0.25) is 0 Å². The quantitative estimate of drug-likeness (QED) is 0.636. The Morgan fingerprint density at radius 3 is 2.62 bits per heavy atom. The van der Waals surface area contributed by atoms with E-state index in [1.54, 1.807) is 11.1 Å². The predicted octanol–water partition coefficient (Wildman–Crippen LogP) is 3.69. The highest BCUT2D eigenvalue weighted by Gasteiger charge is 2.41. The first-order valence-electron chi connectivity index (χ1n) is 10.7. The van der Waals surface area contributed by atoms with Gasteiger partial charge in [-0.05, 0) is 31.0 Å². The van der Waals surface area contributed by atoms with E-state index in [9.17, 15) is 9.59 Å². The van der Waals surface area contributed by atoms with E-state index in [1.807, 2.05) is 41.8 Å². The molecule has 0 saturated heterocycles. The smallest absolute Gasteiger partial charge is 0.318 e. The highest BCUT2D eigenvalue weighted by atomic mass is 35.5. The van der Waals surface area contributed by atoms with Gasteiger partial charge in [0.1, 0.15) is 0 Å². The molecule has 0 bridgehead atoms. The number of aromatic nitrogens is 2. The number of aryl methyl sites for hydroxylation is 1. The molecule has 32 heavy (non-hydrogen) atoms. The summed E-state index contributed by atoms with van der Waals surface area (Å²) in [4.78, 5) is 31.3. The molecule has 3 aromatic rings. The fourth-order valence-electron chi connectivity index (χ4n) is 4.51. The van der Waals surface area contributed by atoms with Gasteiger partial charge >= 0.3 is 6.03 Å². The first-order valence-corrected chi connectivity index (χ1v) is 11.1. The van der Waals surface area contributed by atoms with Crippen LogP contribution in [0.5, 0.6) is 0 Å². The van der Waals surface area contributed by atoms with Crippen molar-refractivity contribution in [3.05, 3.63) is 76.2 Å². The van der Waals surface area contributed by atoms with Crippen LogP contribution in [0.3, 0.4) is 0 Å². The summed E-state index contributed by atoms with van der Waals surface area (Å²) in [6.45, 7) is 3.21. The summed E-state index contributed by atoms with van der Waals surface area (Å²) in [6.07, 6.45) is 2.67. The van der Waals surface area contributed by atoms with Crippen molar-refractivity contribution in [1.82, 2.24) is 19.8 Å². The molecule has 164 valence electrons. The van der Waals surface area contributed by atoms with Crippen LogP contribution in [0.4, 0.5) is 4.79 Å². The maximum Gasteiger partial charge on any atom is 0.318 e. The number of benzene rings is 1. The summed E-state index contributed by atoms with van der Waals surface area (Å²) < 4.78 is 1.99. The van der Waals surface area contributed by atoms with Gasteiger partial charge in [-0.3, -0.25) is 9.78 Å². The van der Waals surface area contributed by atoms with Gasteiger partial charge in [0.15, 0.2) is 0 Å². The van der Waals surface area contributed by atoms with Crippen molar-refractivity contribution in [2.45, 2.75) is 38.4 Å². The van der Waals surface area contributed by atoms with E-state index < -0.39 is 5.91 Å². The first kappa shape index (κ1) is 20.6. The SMILES string of the molecule is Cc1ccc(-c2c(Cl)c(C(N)=O)c3n2CCN(C(=O)NC2CC2c2ccccc2)C3)cn1. The van der Waals surface area contributed by atoms with Gasteiger partial charge in [-0.25, -0.2) is 4.79 Å². The molecule has 1 aromatic carbocycles. The summed E-state index contributed by atoms with van der Waals surface area (Å²) in [5.74, 6) is -0.247. The molecule has 2 aromatic heterocycles.